The number of para-hydroxylation sites is 1. The highest BCUT2D eigenvalue weighted by Crippen LogP contribution is 2.50. The van der Waals surface area contributed by atoms with Gasteiger partial charge in [-0.05, 0) is 31.4 Å². The second-order valence-electron chi connectivity index (χ2n) is 5.72. The second kappa shape index (κ2) is 4.09. The van der Waals surface area contributed by atoms with Crippen LogP contribution in [-0.4, -0.2) is 18.5 Å². The first-order valence-corrected chi connectivity index (χ1v) is 6.80. The highest BCUT2D eigenvalue weighted by atomic mass is 16.2. The molecule has 0 saturated heterocycles. The zero-order chi connectivity index (χ0) is 12.8. The van der Waals surface area contributed by atoms with Crippen molar-refractivity contribution in [3.05, 3.63) is 29.8 Å². The topological polar surface area (TPSA) is 46.3 Å². The van der Waals surface area contributed by atoms with Crippen LogP contribution in [-0.2, 0) is 10.2 Å². The van der Waals surface area contributed by atoms with Gasteiger partial charge in [-0.3, -0.25) is 4.79 Å². The predicted molar refractivity (Wildman–Crippen MR) is 72.6 cm³/mol. The van der Waals surface area contributed by atoms with Gasteiger partial charge in [0, 0.05) is 17.6 Å². The van der Waals surface area contributed by atoms with Gasteiger partial charge in [-0.1, -0.05) is 31.0 Å². The van der Waals surface area contributed by atoms with E-state index < -0.39 is 6.04 Å². The van der Waals surface area contributed by atoms with Gasteiger partial charge >= 0.3 is 0 Å². The van der Waals surface area contributed by atoms with Crippen LogP contribution in [0.3, 0.4) is 0 Å². The molecule has 3 heteroatoms. The summed E-state index contributed by atoms with van der Waals surface area (Å²) < 4.78 is 0. The number of carbonyl (C=O) groups excluding carboxylic acids is 1. The first kappa shape index (κ1) is 11.7. The highest BCUT2D eigenvalue weighted by Gasteiger charge is 2.46. The van der Waals surface area contributed by atoms with E-state index in [2.05, 4.69) is 18.2 Å². The summed E-state index contributed by atoms with van der Waals surface area (Å²) in [6, 6.07) is 7.92. The van der Waals surface area contributed by atoms with Gasteiger partial charge in [-0.15, -0.1) is 0 Å². The van der Waals surface area contributed by atoms with Crippen LogP contribution in [0.1, 0.15) is 38.2 Å². The van der Waals surface area contributed by atoms with Crippen LogP contribution in [0.15, 0.2) is 24.3 Å². The smallest absolute Gasteiger partial charge is 0.243 e. The Hall–Kier alpha value is -1.35. The van der Waals surface area contributed by atoms with Crippen molar-refractivity contribution in [3.8, 4) is 0 Å². The van der Waals surface area contributed by atoms with Gasteiger partial charge in [0.15, 0.2) is 0 Å². The molecule has 1 heterocycles. The minimum absolute atomic E-state index is 0.0474. The normalized spacial score (nSPS) is 22.2. The molecule has 0 aromatic heterocycles. The van der Waals surface area contributed by atoms with Crippen molar-refractivity contribution in [2.75, 3.05) is 11.4 Å². The summed E-state index contributed by atoms with van der Waals surface area (Å²) in [5.41, 5.74) is 8.42. The molecule has 1 aliphatic heterocycles. The molecular formula is C15H20N2O. The average Bonchev–Trinajstić information content (AvgIpc) is 2.96. The number of anilines is 1. The summed E-state index contributed by atoms with van der Waals surface area (Å²) in [6.45, 7) is 2.59. The Morgan fingerprint density at radius 1 is 1.33 bits per heavy atom. The summed E-state index contributed by atoms with van der Waals surface area (Å²) in [6.07, 6.45) is 4.95. The van der Waals surface area contributed by atoms with Crippen molar-refractivity contribution in [1.29, 1.82) is 0 Å². The number of fused-ring (bicyclic) bond motifs is 2. The number of benzene rings is 1. The van der Waals surface area contributed by atoms with Crippen LogP contribution in [0.25, 0.3) is 0 Å². The Balaban J connectivity index is 2.04. The van der Waals surface area contributed by atoms with E-state index in [4.69, 9.17) is 5.73 Å². The van der Waals surface area contributed by atoms with Crippen molar-refractivity contribution in [2.24, 2.45) is 5.73 Å². The number of amides is 1. The molecular weight excluding hydrogens is 224 g/mol. The summed E-state index contributed by atoms with van der Waals surface area (Å²) in [7, 11) is 0. The lowest BCUT2D eigenvalue weighted by Gasteiger charge is -2.25. The van der Waals surface area contributed by atoms with Crippen LogP contribution >= 0.6 is 0 Å². The van der Waals surface area contributed by atoms with Crippen LogP contribution in [0.4, 0.5) is 5.69 Å². The van der Waals surface area contributed by atoms with E-state index in [1.807, 2.05) is 11.0 Å². The van der Waals surface area contributed by atoms with Crippen LogP contribution in [0.5, 0.6) is 0 Å². The molecule has 3 rings (SSSR count). The van der Waals surface area contributed by atoms with E-state index in [0.29, 0.717) is 0 Å². The summed E-state index contributed by atoms with van der Waals surface area (Å²) in [5.74, 6) is 0.0474. The minimum Gasteiger partial charge on any atom is -0.320 e. The van der Waals surface area contributed by atoms with E-state index in [-0.39, 0.29) is 11.3 Å². The predicted octanol–water partition coefficient (Wildman–Crippen LogP) is 2.19. The van der Waals surface area contributed by atoms with Gasteiger partial charge < -0.3 is 10.6 Å². The first-order valence-electron chi connectivity index (χ1n) is 6.80. The lowest BCUT2D eigenvalue weighted by atomic mass is 9.81. The molecule has 1 saturated carbocycles. The molecule has 1 fully saturated rings. The van der Waals surface area contributed by atoms with Gasteiger partial charge in [0.05, 0.1) is 6.04 Å². The second-order valence-corrected chi connectivity index (χ2v) is 5.72. The third-order valence-corrected chi connectivity index (χ3v) is 4.44. The summed E-state index contributed by atoms with van der Waals surface area (Å²) >= 11 is 0. The fraction of sp³-hybridized carbons (Fsp3) is 0.533. The molecule has 2 N–H and O–H groups in total. The first-order chi connectivity index (χ1) is 8.64. The van der Waals surface area contributed by atoms with Crippen molar-refractivity contribution in [1.82, 2.24) is 0 Å². The Labute approximate surface area is 108 Å². The van der Waals surface area contributed by atoms with E-state index >= 15 is 0 Å². The molecule has 1 amide bonds. The highest BCUT2D eigenvalue weighted by molar-refractivity contribution is 5.99. The quantitative estimate of drug-likeness (QED) is 0.823. The van der Waals surface area contributed by atoms with Gasteiger partial charge in [-0.25, -0.2) is 0 Å². The lowest BCUT2D eigenvalue weighted by molar-refractivity contribution is -0.119. The zero-order valence-electron chi connectivity index (χ0n) is 10.9. The molecule has 0 unspecified atom stereocenters. The van der Waals surface area contributed by atoms with Crippen LogP contribution in [0.2, 0.25) is 0 Å². The zero-order valence-corrected chi connectivity index (χ0v) is 10.9. The van der Waals surface area contributed by atoms with E-state index in [1.165, 1.54) is 31.2 Å². The van der Waals surface area contributed by atoms with E-state index in [0.717, 1.165) is 12.2 Å². The number of hydrogen-bond donors (Lipinski definition) is 1. The Kier molecular flexibility index (Phi) is 2.67. The van der Waals surface area contributed by atoms with E-state index in [9.17, 15) is 4.79 Å². The minimum atomic E-state index is -0.422. The van der Waals surface area contributed by atoms with Gasteiger partial charge in [0.2, 0.25) is 5.91 Å². The largest absolute Gasteiger partial charge is 0.320 e. The van der Waals surface area contributed by atoms with Crippen LogP contribution < -0.4 is 10.6 Å². The Morgan fingerprint density at radius 2 is 2.00 bits per heavy atom. The molecule has 1 aliphatic carbocycles. The molecule has 1 aromatic carbocycles. The molecule has 1 aromatic rings. The average molecular weight is 244 g/mol. The summed E-state index contributed by atoms with van der Waals surface area (Å²) in [4.78, 5) is 14.2. The van der Waals surface area contributed by atoms with Gasteiger partial charge in [0.1, 0.15) is 0 Å². The SMILES string of the molecule is C[C@H](N)C(=O)N1CC2(CCCC2)c2ccccc21. The molecule has 2 aliphatic rings. The lowest BCUT2D eigenvalue weighted by Crippen LogP contribution is -2.43. The molecule has 18 heavy (non-hydrogen) atoms. The van der Waals surface area contributed by atoms with Crippen molar-refractivity contribution in [2.45, 2.75) is 44.1 Å². The maximum Gasteiger partial charge on any atom is 0.243 e. The molecule has 3 nitrogen and oxygen atoms in total. The fourth-order valence-electron chi connectivity index (χ4n) is 3.55. The molecule has 0 radical (unpaired) electrons. The molecule has 1 atom stereocenters. The maximum absolute atomic E-state index is 12.2. The molecule has 96 valence electrons. The van der Waals surface area contributed by atoms with Crippen molar-refractivity contribution < 1.29 is 4.79 Å². The fourth-order valence-corrected chi connectivity index (χ4v) is 3.55. The number of nitrogens with zero attached hydrogens (tertiary/aromatic N) is 1. The van der Waals surface area contributed by atoms with Crippen molar-refractivity contribution >= 4 is 11.6 Å². The van der Waals surface area contributed by atoms with Crippen LogP contribution in [0, 0.1) is 0 Å². The molecule has 1 spiro atoms. The third kappa shape index (κ3) is 1.57. The van der Waals surface area contributed by atoms with Gasteiger partial charge in [-0.2, -0.15) is 0 Å². The standard InChI is InChI=1S/C15H20N2O/c1-11(16)14(18)17-10-15(8-4-5-9-15)12-6-2-3-7-13(12)17/h2-3,6-7,11H,4-5,8-10,16H2,1H3/t11-/m0/s1. The summed E-state index contributed by atoms with van der Waals surface area (Å²) in [5, 5.41) is 0. The van der Waals surface area contributed by atoms with Gasteiger partial charge in [0.25, 0.3) is 0 Å². The van der Waals surface area contributed by atoms with E-state index in [1.54, 1.807) is 6.92 Å². The monoisotopic (exact) mass is 244 g/mol. The maximum atomic E-state index is 12.2. The number of nitrogens with two attached hydrogens (primary N) is 1. The number of hydrogen-bond acceptors (Lipinski definition) is 2. The third-order valence-electron chi connectivity index (χ3n) is 4.44. The Bertz CT molecular complexity index is 475. The number of rotatable bonds is 1. The number of carbonyl (C=O) groups is 1. The Morgan fingerprint density at radius 3 is 2.67 bits per heavy atom. The van der Waals surface area contributed by atoms with Crippen molar-refractivity contribution in [3.63, 3.8) is 0 Å². The molecule has 0 bridgehead atoms.